The molecule has 0 aromatic carbocycles. The first-order chi connectivity index (χ1) is 8.74. The van der Waals surface area contributed by atoms with Crippen LogP contribution in [0.1, 0.15) is 33.6 Å². The van der Waals surface area contributed by atoms with E-state index >= 15 is 0 Å². The fourth-order valence-corrected chi connectivity index (χ4v) is 2.12. The van der Waals surface area contributed by atoms with Crippen molar-refractivity contribution in [2.45, 2.75) is 45.3 Å². The lowest BCUT2D eigenvalue weighted by Crippen LogP contribution is -2.50. The standard InChI is InChI=1S/C13H24N2O4/c1-13(2,3)19-12(17)15-7-5-6-9(8-15)10(14)11(16)18-4/h9-10H,5-8,14H2,1-4H3/t9-,10-/m0/s1. The Morgan fingerprint density at radius 1 is 1.37 bits per heavy atom. The minimum Gasteiger partial charge on any atom is -0.468 e. The number of likely N-dealkylation sites (tertiary alicyclic amines) is 1. The van der Waals surface area contributed by atoms with Crippen LogP contribution in [-0.4, -0.2) is 48.8 Å². The number of hydrogen-bond acceptors (Lipinski definition) is 5. The molecule has 0 aromatic heterocycles. The maximum atomic E-state index is 12.0. The second kappa shape index (κ2) is 6.23. The molecular weight excluding hydrogens is 248 g/mol. The van der Waals surface area contributed by atoms with E-state index in [0.717, 1.165) is 12.8 Å². The lowest BCUT2D eigenvalue weighted by Gasteiger charge is -2.35. The number of methoxy groups -OCH3 is 1. The minimum absolute atomic E-state index is 0.0753. The number of piperidine rings is 1. The molecule has 0 bridgehead atoms. The van der Waals surface area contributed by atoms with Gasteiger partial charge in [0.15, 0.2) is 0 Å². The van der Waals surface area contributed by atoms with Gasteiger partial charge >= 0.3 is 12.1 Å². The van der Waals surface area contributed by atoms with Crippen LogP contribution in [0.4, 0.5) is 4.79 Å². The summed E-state index contributed by atoms with van der Waals surface area (Å²) in [5, 5.41) is 0. The van der Waals surface area contributed by atoms with Crippen molar-refractivity contribution in [3.05, 3.63) is 0 Å². The van der Waals surface area contributed by atoms with E-state index in [-0.39, 0.29) is 12.0 Å². The topological polar surface area (TPSA) is 81.9 Å². The van der Waals surface area contributed by atoms with Crippen molar-refractivity contribution in [3.63, 3.8) is 0 Å². The number of nitrogens with zero attached hydrogens (tertiary/aromatic N) is 1. The van der Waals surface area contributed by atoms with Crippen molar-refractivity contribution in [1.82, 2.24) is 4.90 Å². The highest BCUT2D eigenvalue weighted by Gasteiger charge is 2.33. The smallest absolute Gasteiger partial charge is 0.410 e. The predicted molar refractivity (Wildman–Crippen MR) is 70.5 cm³/mol. The van der Waals surface area contributed by atoms with E-state index in [1.165, 1.54) is 7.11 Å². The molecule has 0 aliphatic carbocycles. The van der Waals surface area contributed by atoms with E-state index in [9.17, 15) is 9.59 Å². The Kier molecular flexibility index (Phi) is 5.17. The van der Waals surface area contributed by atoms with Crippen molar-refractivity contribution in [2.24, 2.45) is 11.7 Å². The van der Waals surface area contributed by atoms with Crippen LogP contribution >= 0.6 is 0 Å². The normalized spacial score (nSPS) is 21.7. The summed E-state index contributed by atoms with van der Waals surface area (Å²) in [5.41, 5.74) is 5.32. The second-order valence-electron chi connectivity index (χ2n) is 5.88. The zero-order chi connectivity index (χ0) is 14.6. The third-order valence-electron chi connectivity index (χ3n) is 3.09. The average molecular weight is 272 g/mol. The monoisotopic (exact) mass is 272 g/mol. The van der Waals surface area contributed by atoms with E-state index in [1.807, 2.05) is 20.8 Å². The Labute approximate surface area is 114 Å². The van der Waals surface area contributed by atoms with Crippen LogP contribution in [0, 0.1) is 5.92 Å². The van der Waals surface area contributed by atoms with Gasteiger partial charge in [0, 0.05) is 19.0 Å². The molecule has 2 atom stereocenters. The lowest BCUT2D eigenvalue weighted by molar-refractivity contribution is -0.144. The van der Waals surface area contributed by atoms with Gasteiger partial charge in [0.1, 0.15) is 11.6 Å². The van der Waals surface area contributed by atoms with Crippen molar-refractivity contribution < 1.29 is 19.1 Å². The molecule has 1 fully saturated rings. The SMILES string of the molecule is COC(=O)[C@@H](N)[C@H]1CCCN(C(=O)OC(C)(C)C)C1. The number of nitrogens with two attached hydrogens (primary N) is 1. The molecule has 2 N–H and O–H groups in total. The van der Waals surface area contributed by atoms with Gasteiger partial charge in [-0.15, -0.1) is 0 Å². The summed E-state index contributed by atoms with van der Waals surface area (Å²) < 4.78 is 9.96. The van der Waals surface area contributed by atoms with Crippen molar-refractivity contribution >= 4 is 12.1 Å². The zero-order valence-corrected chi connectivity index (χ0v) is 12.1. The number of amides is 1. The van der Waals surface area contributed by atoms with Crippen LogP contribution in [0.2, 0.25) is 0 Å². The molecule has 110 valence electrons. The molecule has 1 saturated heterocycles. The molecule has 0 spiro atoms. The van der Waals surface area contributed by atoms with Crippen LogP contribution in [0.3, 0.4) is 0 Å². The van der Waals surface area contributed by atoms with E-state index < -0.39 is 17.6 Å². The molecule has 1 aliphatic rings. The Morgan fingerprint density at radius 3 is 2.53 bits per heavy atom. The van der Waals surface area contributed by atoms with Gasteiger partial charge in [-0.3, -0.25) is 4.79 Å². The fourth-order valence-electron chi connectivity index (χ4n) is 2.12. The summed E-state index contributed by atoms with van der Waals surface area (Å²) in [6.07, 6.45) is 1.28. The van der Waals surface area contributed by atoms with Crippen LogP contribution in [0.25, 0.3) is 0 Å². The minimum atomic E-state index is -0.685. The highest BCUT2D eigenvalue weighted by Crippen LogP contribution is 2.21. The molecule has 0 saturated carbocycles. The van der Waals surface area contributed by atoms with E-state index in [0.29, 0.717) is 13.1 Å². The molecule has 1 amide bonds. The molecule has 0 aromatic rings. The third-order valence-corrected chi connectivity index (χ3v) is 3.09. The molecule has 1 rings (SSSR count). The van der Waals surface area contributed by atoms with Crippen LogP contribution in [-0.2, 0) is 14.3 Å². The van der Waals surface area contributed by atoms with E-state index in [1.54, 1.807) is 4.90 Å². The molecule has 19 heavy (non-hydrogen) atoms. The molecule has 0 radical (unpaired) electrons. The van der Waals surface area contributed by atoms with Gasteiger partial charge in [-0.05, 0) is 33.6 Å². The largest absolute Gasteiger partial charge is 0.468 e. The number of carbonyl (C=O) groups excluding carboxylic acids is 2. The first-order valence-corrected chi connectivity index (χ1v) is 6.56. The van der Waals surface area contributed by atoms with Gasteiger partial charge in [0.25, 0.3) is 0 Å². The van der Waals surface area contributed by atoms with Gasteiger partial charge in [-0.25, -0.2) is 4.79 Å². The molecular formula is C13H24N2O4. The number of ether oxygens (including phenoxy) is 2. The summed E-state index contributed by atoms with van der Waals surface area (Å²) in [4.78, 5) is 25.0. The van der Waals surface area contributed by atoms with Gasteiger partial charge in [0.2, 0.25) is 0 Å². The Bertz CT molecular complexity index is 338. The molecule has 6 heteroatoms. The zero-order valence-electron chi connectivity index (χ0n) is 12.1. The quantitative estimate of drug-likeness (QED) is 0.762. The van der Waals surface area contributed by atoms with Crippen molar-refractivity contribution in [1.29, 1.82) is 0 Å². The van der Waals surface area contributed by atoms with E-state index in [4.69, 9.17) is 10.5 Å². The van der Waals surface area contributed by atoms with Gasteiger partial charge < -0.3 is 20.1 Å². The molecule has 0 unspecified atom stereocenters. The van der Waals surface area contributed by atoms with Crippen LogP contribution in [0.5, 0.6) is 0 Å². The predicted octanol–water partition coefficient (Wildman–Crippen LogP) is 1.13. The number of hydrogen-bond donors (Lipinski definition) is 1. The highest BCUT2D eigenvalue weighted by molar-refractivity contribution is 5.76. The summed E-state index contributed by atoms with van der Waals surface area (Å²) in [6, 6.07) is -0.685. The Balaban J connectivity index is 2.59. The molecule has 1 aliphatic heterocycles. The maximum Gasteiger partial charge on any atom is 0.410 e. The van der Waals surface area contributed by atoms with Gasteiger partial charge in [-0.1, -0.05) is 0 Å². The van der Waals surface area contributed by atoms with Gasteiger partial charge in [-0.2, -0.15) is 0 Å². The third kappa shape index (κ3) is 4.70. The Hall–Kier alpha value is -1.30. The summed E-state index contributed by atoms with van der Waals surface area (Å²) in [5.74, 6) is -0.509. The first kappa shape index (κ1) is 15.8. The molecule has 1 heterocycles. The number of esters is 1. The highest BCUT2D eigenvalue weighted by atomic mass is 16.6. The number of carbonyl (C=O) groups is 2. The van der Waals surface area contributed by atoms with Gasteiger partial charge in [0.05, 0.1) is 7.11 Å². The second-order valence-corrected chi connectivity index (χ2v) is 5.88. The number of rotatable bonds is 2. The maximum absolute atomic E-state index is 12.0. The van der Waals surface area contributed by atoms with Crippen molar-refractivity contribution in [2.75, 3.05) is 20.2 Å². The summed E-state index contributed by atoms with van der Waals surface area (Å²) in [7, 11) is 1.32. The van der Waals surface area contributed by atoms with Crippen LogP contribution < -0.4 is 5.73 Å². The average Bonchev–Trinajstić information content (AvgIpc) is 2.35. The summed E-state index contributed by atoms with van der Waals surface area (Å²) in [6.45, 7) is 6.55. The van der Waals surface area contributed by atoms with Crippen molar-refractivity contribution in [3.8, 4) is 0 Å². The fraction of sp³-hybridized carbons (Fsp3) is 0.846. The van der Waals surface area contributed by atoms with Crippen LogP contribution in [0.15, 0.2) is 0 Å². The Morgan fingerprint density at radius 2 is 2.00 bits per heavy atom. The summed E-state index contributed by atoms with van der Waals surface area (Å²) >= 11 is 0. The van der Waals surface area contributed by atoms with E-state index in [2.05, 4.69) is 4.74 Å². The molecule has 6 nitrogen and oxygen atoms in total. The first-order valence-electron chi connectivity index (χ1n) is 6.56. The lowest BCUT2D eigenvalue weighted by atomic mass is 9.91.